The number of ether oxygens (including phenoxy) is 1. The van der Waals surface area contributed by atoms with Gasteiger partial charge in [0.1, 0.15) is 6.10 Å². The number of hydrogen-bond donors (Lipinski definition) is 1. The molecule has 0 saturated carbocycles. The first-order valence-corrected chi connectivity index (χ1v) is 4.46. The van der Waals surface area contributed by atoms with E-state index in [1.54, 1.807) is 6.92 Å². The van der Waals surface area contributed by atoms with Crippen LogP contribution in [0, 0.1) is 11.8 Å². The minimum absolute atomic E-state index is 0.0581. The Bertz CT molecular complexity index is 177. The van der Waals surface area contributed by atoms with E-state index in [9.17, 15) is 9.90 Å². The van der Waals surface area contributed by atoms with E-state index in [1.165, 1.54) is 0 Å². The zero-order valence-corrected chi connectivity index (χ0v) is 7.78. The molecule has 0 aromatic heterocycles. The quantitative estimate of drug-likeness (QED) is 0.599. The van der Waals surface area contributed by atoms with Gasteiger partial charge in [0.25, 0.3) is 0 Å². The topological polar surface area (TPSA) is 46.5 Å². The van der Waals surface area contributed by atoms with Crippen LogP contribution in [-0.2, 0) is 9.53 Å². The minimum Gasteiger partial charge on any atom is -0.462 e. The zero-order chi connectivity index (χ0) is 9.30. The Kier molecular flexibility index (Phi) is 2.73. The third-order valence-electron chi connectivity index (χ3n) is 2.68. The second-order valence-corrected chi connectivity index (χ2v) is 3.52. The molecule has 1 saturated heterocycles. The van der Waals surface area contributed by atoms with Crippen molar-refractivity contribution in [1.29, 1.82) is 0 Å². The van der Waals surface area contributed by atoms with Crippen LogP contribution in [0.5, 0.6) is 0 Å². The van der Waals surface area contributed by atoms with Crippen LogP contribution in [0.15, 0.2) is 0 Å². The lowest BCUT2D eigenvalue weighted by Gasteiger charge is -2.35. The fourth-order valence-corrected chi connectivity index (χ4v) is 1.63. The molecule has 0 bridgehead atoms. The molecule has 3 nitrogen and oxygen atoms in total. The van der Waals surface area contributed by atoms with Crippen molar-refractivity contribution in [2.45, 2.75) is 39.4 Å². The molecule has 1 unspecified atom stereocenters. The summed E-state index contributed by atoms with van der Waals surface area (Å²) >= 11 is 0. The first-order valence-electron chi connectivity index (χ1n) is 4.46. The predicted octanol–water partition coefficient (Wildman–Crippen LogP) is 0.955. The molecule has 1 aliphatic rings. The number of cyclic esters (lactones) is 1. The Labute approximate surface area is 72.7 Å². The second-order valence-electron chi connectivity index (χ2n) is 3.52. The third kappa shape index (κ3) is 1.46. The fourth-order valence-electron chi connectivity index (χ4n) is 1.63. The number of carbonyl (C=O) groups is 1. The number of aliphatic hydroxyl groups is 1. The average Bonchev–Trinajstić information content (AvgIpc) is 2.08. The van der Waals surface area contributed by atoms with Crippen molar-refractivity contribution in [2.75, 3.05) is 0 Å². The summed E-state index contributed by atoms with van der Waals surface area (Å²) in [4.78, 5) is 11.1. The van der Waals surface area contributed by atoms with Gasteiger partial charge in [-0.15, -0.1) is 0 Å². The van der Waals surface area contributed by atoms with E-state index in [4.69, 9.17) is 4.74 Å². The highest BCUT2D eigenvalue weighted by atomic mass is 16.5. The molecule has 4 atom stereocenters. The van der Waals surface area contributed by atoms with Gasteiger partial charge in [-0.2, -0.15) is 0 Å². The van der Waals surface area contributed by atoms with Crippen LogP contribution < -0.4 is 0 Å². The molecule has 0 spiro atoms. The maximum atomic E-state index is 11.1. The second kappa shape index (κ2) is 3.44. The van der Waals surface area contributed by atoms with Gasteiger partial charge in [-0.05, 0) is 13.3 Å². The summed E-state index contributed by atoms with van der Waals surface area (Å²) in [5.74, 6) is -0.585. The molecule has 0 aromatic rings. The van der Waals surface area contributed by atoms with E-state index >= 15 is 0 Å². The first kappa shape index (κ1) is 9.52. The van der Waals surface area contributed by atoms with Crippen LogP contribution in [-0.4, -0.2) is 23.3 Å². The summed E-state index contributed by atoms with van der Waals surface area (Å²) in [6.07, 6.45) is 0.122. The van der Waals surface area contributed by atoms with Crippen LogP contribution in [0.1, 0.15) is 27.2 Å². The monoisotopic (exact) mass is 172 g/mol. The standard InChI is InChI=1S/C9H16O3/c1-4-7-5(2)8(10)6(3)9(11)12-7/h5-8,10H,4H2,1-3H3/t5?,6-,7-,8+/m1/s1. The number of carbonyl (C=O) groups excluding carboxylic acids is 1. The van der Waals surface area contributed by atoms with E-state index in [1.807, 2.05) is 13.8 Å². The maximum Gasteiger partial charge on any atom is 0.311 e. The van der Waals surface area contributed by atoms with Gasteiger partial charge in [0.05, 0.1) is 12.0 Å². The molecule has 1 fully saturated rings. The molecule has 0 radical (unpaired) electrons. The van der Waals surface area contributed by atoms with E-state index in [0.29, 0.717) is 0 Å². The van der Waals surface area contributed by atoms with Crippen LogP contribution >= 0.6 is 0 Å². The molecule has 3 heteroatoms. The summed E-state index contributed by atoms with van der Waals surface area (Å²) in [5.41, 5.74) is 0. The number of aliphatic hydroxyl groups excluding tert-OH is 1. The highest BCUT2D eigenvalue weighted by Crippen LogP contribution is 2.27. The van der Waals surface area contributed by atoms with Crippen molar-refractivity contribution in [3.63, 3.8) is 0 Å². The maximum absolute atomic E-state index is 11.1. The Balaban J connectivity index is 2.70. The van der Waals surface area contributed by atoms with E-state index in [-0.39, 0.29) is 23.9 Å². The van der Waals surface area contributed by atoms with E-state index in [2.05, 4.69) is 0 Å². The summed E-state index contributed by atoms with van der Waals surface area (Å²) < 4.78 is 5.13. The van der Waals surface area contributed by atoms with Crippen molar-refractivity contribution in [3.05, 3.63) is 0 Å². The third-order valence-corrected chi connectivity index (χ3v) is 2.68. The van der Waals surface area contributed by atoms with Crippen LogP contribution in [0.25, 0.3) is 0 Å². The lowest BCUT2D eigenvalue weighted by Crippen LogP contribution is -2.46. The first-order chi connectivity index (χ1) is 5.57. The molecule has 0 aromatic carbocycles. The molecular formula is C9H16O3. The Morgan fingerprint density at radius 3 is 2.58 bits per heavy atom. The summed E-state index contributed by atoms with van der Waals surface area (Å²) in [6, 6.07) is 0. The van der Waals surface area contributed by atoms with Crippen molar-refractivity contribution >= 4 is 5.97 Å². The molecule has 0 aliphatic carbocycles. The SMILES string of the molecule is CC[C@H]1OC(=O)[C@H](C)[C@@H](O)C1C. The fraction of sp³-hybridized carbons (Fsp3) is 0.889. The Morgan fingerprint density at radius 2 is 2.08 bits per heavy atom. The van der Waals surface area contributed by atoms with E-state index < -0.39 is 6.10 Å². The number of esters is 1. The molecule has 1 heterocycles. The Hall–Kier alpha value is -0.570. The molecular weight excluding hydrogens is 156 g/mol. The molecule has 70 valence electrons. The summed E-state index contributed by atoms with van der Waals surface area (Å²) in [6.45, 7) is 5.58. The largest absolute Gasteiger partial charge is 0.462 e. The molecule has 1 aliphatic heterocycles. The van der Waals surface area contributed by atoms with E-state index in [0.717, 1.165) is 6.42 Å². The minimum atomic E-state index is -0.545. The highest BCUT2D eigenvalue weighted by molar-refractivity contribution is 5.73. The molecule has 1 rings (SSSR count). The smallest absolute Gasteiger partial charge is 0.311 e. The summed E-state index contributed by atoms with van der Waals surface area (Å²) in [7, 11) is 0. The molecule has 0 amide bonds. The van der Waals surface area contributed by atoms with Gasteiger partial charge < -0.3 is 9.84 Å². The zero-order valence-electron chi connectivity index (χ0n) is 7.78. The average molecular weight is 172 g/mol. The number of hydrogen-bond acceptors (Lipinski definition) is 3. The molecule has 1 N–H and O–H groups in total. The van der Waals surface area contributed by atoms with Gasteiger partial charge >= 0.3 is 5.97 Å². The predicted molar refractivity (Wildman–Crippen MR) is 44.5 cm³/mol. The van der Waals surface area contributed by atoms with Gasteiger partial charge in [-0.3, -0.25) is 4.79 Å². The summed E-state index contributed by atoms with van der Waals surface area (Å²) in [5, 5.41) is 9.62. The lowest BCUT2D eigenvalue weighted by molar-refractivity contribution is -0.177. The van der Waals surface area contributed by atoms with Gasteiger partial charge in [0.15, 0.2) is 0 Å². The molecule has 12 heavy (non-hydrogen) atoms. The van der Waals surface area contributed by atoms with Crippen molar-refractivity contribution in [2.24, 2.45) is 11.8 Å². The highest BCUT2D eigenvalue weighted by Gasteiger charge is 2.39. The van der Waals surface area contributed by atoms with Crippen molar-refractivity contribution in [1.82, 2.24) is 0 Å². The number of rotatable bonds is 1. The van der Waals surface area contributed by atoms with Crippen LogP contribution in [0.4, 0.5) is 0 Å². The van der Waals surface area contributed by atoms with Gasteiger partial charge in [0, 0.05) is 5.92 Å². The van der Waals surface area contributed by atoms with Crippen molar-refractivity contribution in [3.8, 4) is 0 Å². The van der Waals surface area contributed by atoms with Crippen LogP contribution in [0.2, 0.25) is 0 Å². The van der Waals surface area contributed by atoms with Gasteiger partial charge in [-0.1, -0.05) is 13.8 Å². The van der Waals surface area contributed by atoms with Gasteiger partial charge in [-0.25, -0.2) is 0 Å². The normalized spacial score (nSPS) is 42.5. The van der Waals surface area contributed by atoms with Gasteiger partial charge in [0.2, 0.25) is 0 Å². The Morgan fingerprint density at radius 1 is 1.50 bits per heavy atom. The van der Waals surface area contributed by atoms with Crippen LogP contribution in [0.3, 0.4) is 0 Å². The lowest BCUT2D eigenvalue weighted by atomic mass is 9.85. The van der Waals surface area contributed by atoms with Crippen molar-refractivity contribution < 1.29 is 14.6 Å².